The molecule has 1 aromatic rings. The van der Waals surface area contributed by atoms with Crippen molar-refractivity contribution in [3.05, 3.63) is 29.3 Å². The number of hydrogen-bond donors (Lipinski definition) is 1. The molecule has 1 heterocycles. The van der Waals surface area contributed by atoms with Gasteiger partial charge in [0, 0.05) is 18.8 Å². The summed E-state index contributed by atoms with van der Waals surface area (Å²) in [5, 5.41) is 3.41. The summed E-state index contributed by atoms with van der Waals surface area (Å²) >= 11 is 0. The van der Waals surface area contributed by atoms with Crippen molar-refractivity contribution in [2.24, 2.45) is 5.92 Å². The highest BCUT2D eigenvalue weighted by Crippen LogP contribution is 2.21. The number of methoxy groups -OCH3 is 1. The number of ether oxygens (including phenoxy) is 2. The zero-order valence-electron chi connectivity index (χ0n) is 11.6. The third-order valence-corrected chi connectivity index (χ3v) is 3.57. The molecule has 4 heteroatoms. The van der Waals surface area contributed by atoms with E-state index in [-0.39, 0.29) is 5.97 Å². The molecule has 0 amide bonds. The number of anilines is 1. The Morgan fingerprint density at radius 2 is 2.37 bits per heavy atom. The lowest BCUT2D eigenvalue weighted by Crippen LogP contribution is -2.24. The Kier molecular flexibility index (Phi) is 4.80. The second kappa shape index (κ2) is 6.57. The highest BCUT2D eigenvalue weighted by atomic mass is 16.5. The lowest BCUT2D eigenvalue weighted by Gasteiger charge is -2.23. The summed E-state index contributed by atoms with van der Waals surface area (Å²) < 4.78 is 10.2. The number of nitrogens with one attached hydrogen (secondary N) is 1. The van der Waals surface area contributed by atoms with Gasteiger partial charge in [0.25, 0.3) is 0 Å². The van der Waals surface area contributed by atoms with Gasteiger partial charge in [-0.2, -0.15) is 0 Å². The van der Waals surface area contributed by atoms with E-state index < -0.39 is 0 Å². The summed E-state index contributed by atoms with van der Waals surface area (Å²) in [6.07, 6.45) is 2.33. The molecule has 0 saturated carbocycles. The van der Waals surface area contributed by atoms with E-state index in [0.717, 1.165) is 37.4 Å². The summed E-state index contributed by atoms with van der Waals surface area (Å²) in [6.45, 7) is 4.52. The fraction of sp³-hybridized carbons (Fsp3) is 0.533. The maximum Gasteiger partial charge on any atom is 0.338 e. The molecular weight excluding hydrogens is 242 g/mol. The maximum atomic E-state index is 11.6. The monoisotopic (exact) mass is 263 g/mol. The molecule has 1 fully saturated rings. The smallest absolute Gasteiger partial charge is 0.338 e. The summed E-state index contributed by atoms with van der Waals surface area (Å²) in [5.41, 5.74) is 2.55. The van der Waals surface area contributed by atoms with Crippen LogP contribution >= 0.6 is 0 Å². The number of hydrogen-bond acceptors (Lipinski definition) is 4. The van der Waals surface area contributed by atoms with Crippen LogP contribution < -0.4 is 5.32 Å². The average molecular weight is 263 g/mol. The molecule has 4 nitrogen and oxygen atoms in total. The van der Waals surface area contributed by atoms with Crippen LogP contribution in [-0.2, 0) is 9.47 Å². The molecule has 19 heavy (non-hydrogen) atoms. The number of carbonyl (C=O) groups excluding carboxylic acids is 1. The van der Waals surface area contributed by atoms with Gasteiger partial charge in [0.15, 0.2) is 0 Å². The number of esters is 1. The largest absolute Gasteiger partial charge is 0.465 e. The molecule has 0 spiro atoms. The van der Waals surface area contributed by atoms with Crippen LogP contribution in [0.25, 0.3) is 0 Å². The first-order chi connectivity index (χ1) is 9.22. The Morgan fingerprint density at radius 3 is 3.05 bits per heavy atom. The Morgan fingerprint density at radius 1 is 1.53 bits per heavy atom. The summed E-state index contributed by atoms with van der Waals surface area (Å²) in [5.74, 6) is 0.261. The molecule has 1 unspecified atom stereocenters. The van der Waals surface area contributed by atoms with E-state index in [1.165, 1.54) is 13.5 Å². The van der Waals surface area contributed by atoms with Crippen LogP contribution in [0.2, 0.25) is 0 Å². The SMILES string of the molecule is COC(=O)c1cccc(NCC2CCCOC2)c1C. The molecular formula is C15H21NO3. The summed E-state index contributed by atoms with van der Waals surface area (Å²) in [4.78, 5) is 11.6. The van der Waals surface area contributed by atoms with E-state index in [9.17, 15) is 4.79 Å². The van der Waals surface area contributed by atoms with Crippen LogP contribution in [0.15, 0.2) is 18.2 Å². The van der Waals surface area contributed by atoms with Gasteiger partial charge < -0.3 is 14.8 Å². The van der Waals surface area contributed by atoms with Gasteiger partial charge in [-0.15, -0.1) is 0 Å². The van der Waals surface area contributed by atoms with Crippen molar-refractivity contribution >= 4 is 11.7 Å². The predicted octanol–water partition coefficient (Wildman–Crippen LogP) is 2.62. The summed E-state index contributed by atoms with van der Waals surface area (Å²) in [7, 11) is 1.40. The van der Waals surface area contributed by atoms with E-state index in [4.69, 9.17) is 9.47 Å². The molecule has 1 N–H and O–H groups in total. The first kappa shape index (κ1) is 13.9. The molecule has 0 aliphatic carbocycles. The van der Waals surface area contributed by atoms with Crippen LogP contribution in [-0.4, -0.2) is 32.8 Å². The number of rotatable bonds is 4. The van der Waals surface area contributed by atoms with Gasteiger partial charge in [0.2, 0.25) is 0 Å². The summed E-state index contributed by atoms with van der Waals surface area (Å²) in [6, 6.07) is 5.65. The van der Waals surface area contributed by atoms with Gasteiger partial charge in [0.05, 0.1) is 19.3 Å². The zero-order valence-corrected chi connectivity index (χ0v) is 11.6. The van der Waals surface area contributed by atoms with Crippen molar-refractivity contribution in [3.8, 4) is 0 Å². The topological polar surface area (TPSA) is 47.6 Å². The highest BCUT2D eigenvalue weighted by Gasteiger charge is 2.15. The first-order valence-corrected chi connectivity index (χ1v) is 6.72. The van der Waals surface area contributed by atoms with Gasteiger partial charge in [-0.05, 0) is 43.4 Å². The lowest BCUT2D eigenvalue weighted by molar-refractivity contribution is 0.0592. The van der Waals surface area contributed by atoms with E-state index in [2.05, 4.69) is 5.32 Å². The van der Waals surface area contributed by atoms with Gasteiger partial charge in [-0.1, -0.05) is 6.07 Å². The van der Waals surface area contributed by atoms with Crippen molar-refractivity contribution in [1.82, 2.24) is 0 Å². The lowest BCUT2D eigenvalue weighted by atomic mass is 10.0. The van der Waals surface area contributed by atoms with E-state index in [1.807, 2.05) is 19.1 Å². The fourth-order valence-corrected chi connectivity index (χ4v) is 2.38. The van der Waals surface area contributed by atoms with E-state index >= 15 is 0 Å². The third-order valence-electron chi connectivity index (χ3n) is 3.57. The van der Waals surface area contributed by atoms with Crippen molar-refractivity contribution in [2.75, 3.05) is 32.2 Å². The first-order valence-electron chi connectivity index (χ1n) is 6.72. The normalized spacial score (nSPS) is 18.9. The Hall–Kier alpha value is -1.55. The van der Waals surface area contributed by atoms with E-state index in [1.54, 1.807) is 6.07 Å². The molecule has 1 atom stereocenters. The van der Waals surface area contributed by atoms with Crippen LogP contribution in [0.4, 0.5) is 5.69 Å². The second-order valence-electron chi connectivity index (χ2n) is 4.93. The number of benzene rings is 1. The Bertz CT molecular complexity index is 439. The maximum absolute atomic E-state index is 11.6. The minimum atomic E-state index is -0.290. The van der Waals surface area contributed by atoms with Crippen molar-refractivity contribution < 1.29 is 14.3 Å². The van der Waals surface area contributed by atoms with Crippen molar-refractivity contribution in [2.45, 2.75) is 19.8 Å². The molecule has 0 bridgehead atoms. The fourth-order valence-electron chi connectivity index (χ4n) is 2.38. The minimum absolute atomic E-state index is 0.290. The molecule has 1 aromatic carbocycles. The zero-order chi connectivity index (χ0) is 13.7. The minimum Gasteiger partial charge on any atom is -0.465 e. The van der Waals surface area contributed by atoms with Crippen molar-refractivity contribution in [3.63, 3.8) is 0 Å². The second-order valence-corrected chi connectivity index (χ2v) is 4.93. The average Bonchev–Trinajstić information content (AvgIpc) is 2.46. The van der Waals surface area contributed by atoms with Crippen LogP contribution in [0.5, 0.6) is 0 Å². The van der Waals surface area contributed by atoms with Crippen LogP contribution in [0.1, 0.15) is 28.8 Å². The molecule has 1 aliphatic rings. The number of carbonyl (C=O) groups is 1. The molecule has 104 valence electrons. The van der Waals surface area contributed by atoms with Gasteiger partial charge >= 0.3 is 5.97 Å². The van der Waals surface area contributed by atoms with E-state index in [0.29, 0.717) is 11.5 Å². The van der Waals surface area contributed by atoms with Crippen LogP contribution in [0, 0.1) is 12.8 Å². The highest BCUT2D eigenvalue weighted by molar-refractivity contribution is 5.92. The van der Waals surface area contributed by atoms with Crippen molar-refractivity contribution in [1.29, 1.82) is 0 Å². The molecule has 0 radical (unpaired) electrons. The quantitative estimate of drug-likeness (QED) is 0.848. The third kappa shape index (κ3) is 3.47. The molecule has 0 aromatic heterocycles. The molecule has 1 saturated heterocycles. The Labute approximate surface area is 114 Å². The Balaban J connectivity index is 2.01. The standard InChI is InChI=1S/C15H21NO3/c1-11-13(15(17)18-2)6-3-7-14(11)16-9-12-5-4-8-19-10-12/h3,6-7,12,16H,4-5,8-10H2,1-2H3. The molecule has 1 aliphatic heterocycles. The van der Waals surface area contributed by atoms with Gasteiger partial charge in [0.1, 0.15) is 0 Å². The predicted molar refractivity (Wildman–Crippen MR) is 74.6 cm³/mol. The molecule has 2 rings (SSSR count). The van der Waals surface area contributed by atoms with Crippen LogP contribution in [0.3, 0.4) is 0 Å². The van der Waals surface area contributed by atoms with Gasteiger partial charge in [-0.3, -0.25) is 0 Å². The van der Waals surface area contributed by atoms with Gasteiger partial charge in [-0.25, -0.2) is 4.79 Å².